The van der Waals surface area contributed by atoms with Crippen LogP contribution < -0.4 is 0 Å². The Morgan fingerprint density at radius 1 is 1.25 bits per heavy atom. The van der Waals surface area contributed by atoms with Crippen LogP contribution >= 0.6 is 0 Å². The van der Waals surface area contributed by atoms with Gasteiger partial charge in [0.05, 0.1) is 25.2 Å². The molecule has 0 aromatic rings. The van der Waals surface area contributed by atoms with Crippen LogP contribution in [0.2, 0.25) is 0 Å². The molecule has 0 spiro atoms. The molecule has 0 saturated heterocycles. The summed E-state index contributed by atoms with van der Waals surface area (Å²) in [6, 6.07) is 0. The second kappa shape index (κ2) is 5.84. The molecule has 0 heterocycles. The van der Waals surface area contributed by atoms with Crippen molar-refractivity contribution >= 4 is 0 Å². The Balaban J connectivity index is 2.17. The van der Waals surface area contributed by atoms with Gasteiger partial charge in [0.25, 0.3) is 0 Å². The summed E-state index contributed by atoms with van der Waals surface area (Å²) in [6.07, 6.45) is -5.47. The zero-order chi connectivity index (χ0) is 12.2. The quantitative estimate of drug-likeness (QED) is 0.773. The molecule has 16 heavy (non-hydrogen) atoms. The van der Waals surface area contributed by atoms with Crippen LogP contribution in [0.3, 0.4) is 0 Å². The third-order valence-corrected chi connectivity index (χ3v) is 2.45. The molecule has 6 heteroatoms. The van der Waals surface area contributed by atoms with E-state index in [9.17, 15) is 18.3 Å². The Kier molecular flexibility index (Phi) is 5.01. The molecule has 3 nitrogen and oxygen atoms in total. The second-order valence-electron chi connectivity index (χ2n) is 3.91. The van der Waals surface area contributed by atoms with Crippen molar-refractivity contribution in [3.63, 3.8) is 0 Å². The molecule has 96 valence electrons. The largest absolute Gasteiger partial charge is 0.391 e. The maximum Gasteiger partial charge on any atom is 0.391 e. The first-order valence-electron chi connectivity index (χ1n) is 5.42. The molecule has 0 aromatic heterocycles. The summed E-state index contributed by atoms with van der Waals surface area (Å²) in [7, 11) is 0. The summed E-state index contributed by atoms with van der Waals surface area (Å²) in [4.78, 5) is 0. The van der Waals surface area contributed by atoms with Gasteiger partial charge in [0, 0.05) is 13.0 Å². The fourth-order valence-electron chi connectivity index (χ4n) is 1.52. The zero-order valence-electron chi connectivity index (χ0n) is 9.17. The molecular weight excluding hydrogens is 225 g/mol. The highest BCUT2D eigenvalue weighted by atomic mass is 19.4. The van der Waals surface area contributed by atoms with Crippen molar-refractivity contribution in [2.45, 2.75) is 50.7 Å². The summed E-state index contributed by atoms with van der Waals surface area (Å²) in [5, 5.41) is 9.34. The average molecular weight is 242 g/mol. The molecule has 1 aliphatic carbocycles. The molecule has 3 unspecified atom stereocenters. The van der Waals surface area contributed by atoms with E-state index in [-0.39, 0.29) is 6.61 Å². The summed E-state index contributed by atoms with van der Waals surface area (Å²) in [5.74, 6) is 0. The number of aliphatic hydroxyl groups excluding tert-OH is 1. The SMILES string of the molecule is CCCOC1C(O)CC1OCCC(F)(F)F. The van der Waals surface area contributed by atoms with Gasteiger partial charge >= 0.3 is 6.18 Å². The van der Waals surface area contributed by atoms with Gasteiger partial charge in [0.1, 0.15) is 6.10 Å². The van der Waals surface area contributed by atoms with Crippen molar-refractivity contribution in [1.82, 2.24) is 0 Å². The normalized spacial score (nSPS) is 30.2. The molecule has 3 atom stereocenters. The summed E-state index contributed by atoms with van der Waals surface area (Å²) in [6.45, 7) is 2.04. The Bertz CT molecular complexity index is 208. The Morgan fingerprint density at radius 3 is 2.44 bits per heavy atom. The van der Waals surface area contributed by atoms with Crippen LogP contribution in [0, 0.1) is 0 Å². The van der Waals surface area contributed by atoms with E-state index >= 15 is 0 Å². The topological polar surface area (TPSA) is 38.7 Å². The maximum atomic E-state index is 11.8. The number of ether oxygens (including phenoxy) is 2. The van der Waals surface area contributed by atoms with Crippen LogP contribution in [0.25, 0.3) is 0 Å². The molecule has 1 fully saturated rings. The monoisotopic (exact) mass is 242 g/mol. The Hall–Kier alpha value is -0.330. The molecule has 0 bridgehead atoms. The molecule has 1 N–H and O–H groups in total. The zero-order valence-corrected chi connectivity index (χ0v) is 9.17. The first kappa shape index (κ1) is 13.7. The van der Waals surface area contributed by atoms with Crippen molar-refractivity contribution in [2.24, 2.45) is 0 Å². The van der Waals surface area contributed by atoms with E-state index in [4.69, 9.17) is 9.47 Å². The fraction of sp³-hybridized carbons (Fsp3) is 1.00. The third kappa shape index (κ3) is 4.27. The molecule has 1 aliphatic rings. The standard InChI is InChI=1S/C10H17F3O3/c1-2-4-16-9-7(14)6-8(9)15-5-3-10(11,12)13/h7-9,14H,2-6H2,1H3. The van der Waals surface area contributed by atoms with E-state index in [1.165, 1.54) is 0 Å². The molecule has 0 radical (unpaired) electrons. The van der Waals surface area contributed by atoms with Gasteiger partial charge in [0.2, 0.25) is 0 Å². The lowest BCUT2D eigenvalue weighted by Crippen LogP contribution is -2.54. The minimum Gasteiger partial charge on any atom is -0.390 e. The number of rotatable bonds is 6. The molecule has 1 saturated carbocycles. The smallest absolute Gasteiger partial charge is 0.390 e. The van der Waals surface area contributed by atoms with E-state index in [0.29, 0.717) is 13.0 Å². The highest BCUT2D eigenvalue weighted by Gasteiger charge is 2.42. The lowest BCUT2D eigenvalue weighted by atomic mass is 9.88. The molecular formula is C10H17F3O3. The van der Waals surface area contributed by atoms with Gasteiger partial charge in [-0.3, -0.25) is 0 Å². The third-order valence-electron chi connectivity index (χ3n) is 2.45. The van der Waals surface area contributed by atoms with Crippen LogP contribution in [0.1, 0.15) is 26.2 Å². The number of alkyl halides is 3. The first-order valence-corrected chi connectivity index (χ1v) is 5.42. The van der Waals surface area contributed by atoms with Gasteiger partial charge in [0.15, 0.2) is 0 Å². The average Bonchev–Trinajstić information content (AvgIpc) is 2.15. The van der Waals surface area contributed by atoms with Gasteiger partial charge in [-0.15, -0.1) is 0 Å². The van der Waals surface area contributed by atoms with E-state index in [1.54, 1.807) is 0 Å². The fourth-order valence-corrected chi connectivity index (χ4v) is 1.52. The summed E-state index contributed by atoms with van der Waals surface area (Å²) in [5.41, 5.74) is 0. The molecule has 1 rings (SSSR count). The van der Waals surface area contributed by atoms with Crippen LogP contribution in [0.5, 0.6) is 0 Å². The first-order chi connectivity index (χ1) is 7.44. The summed E-state index contributed by atoms with van der Waals surface area (Å²) < 4.78 is 45.8. The van der Waals surface area contributed by atoms with Crippen LogP contribution in [0.4, 0.5) is 13.2 Å². The highest BCUT2D eigenvalue weighted by molar-refractivity contribution is 4.92. The van der Waals surface area contributed by atoms with Crippen molar-refractivity contribution in [1.29, 1.82) is 0 Å². The molecule has 0 aromatic carbocycles. The van der Waals surface area contributed by atoms with Gasteiger partial charge in [-0.25, -0.2) is 0 Å². The van der Waals surface area contributed by atoms with Crippen LogP contribution in [-0.2, 0) is 9.47 Å². The van der Waals surface area contributed by atoms with Crippen molar-refractivity contribution in [3.8, 4) is 0 Å². The van der Waals surface area contributed by atoms with Gasteiger partial charge in [-0.1, -0.05) is 6.92 Å². The number of hydrogen-bond acceptors (Lipinski definition) is 3. The minimum absolute atomic E-state index is 0.353. The van der Waals surface area contributed by atoms with E-state index < -0.39 is 30.9 Å². The van der Waals surface area contributed by atoms with E-state index in [1.807, 2.05) is 6.92 Å². The van der Waals surface area contributed by atoms with Crippen LogP contribution in [0.15, 0.2) is 0 Å². The lowest BCUT2D eigenvalue weighted by Gasteiger charge is -2.40. The van der Waals surface area contributed by atoms with E-state index in [0.717, 1.165) is 6.42 Å². The Labute approximate surface area is 92.5 Å². The number of hydrogen-bond donors (Lipinski definition) is 1. The predicted molar refractivity (Wildman–Crippen MR) is 51.1 cm³/mol. The van der Waals surface area contributed by atoms with E-state index in [2.05, 4.69) is 0 Å². The van der Waals surface area contributed by atoms with Gasteiger partial charge < -0.3 is 14.6 Å². The second-order valence-corrected chi connectivity index (χ2v) is 3.91. The predicted octanol–water partition coefficient (Wildman–Crippen LogP) is 1.88. The number of halogens is 3. The molecule has 0 amide bonds. The van der Waals surface area contributed by atoms with Crippen molar-refractivity contribution < 1.29 is 27.8 Å². The lowest BCUT2D eigenvalue weighted by molar-refractivity contribution is -0.206. The number of aliphatic hydroxyl groups is 1. The maximum absolute atomic E-state index is 11.8. The minimum atomic E-state index is -4.19. The summed E-state index contributed by atoms with van der Waals surface area (Å²) >= 11 is 0. The van der Waals surface area contributed by atoms with Crippen LogP contribution in [-0.4, -0.2) is 42.8 Å². The van der Waals surface area contributed by atoms with Gasteiger partial charge in [-0.05, 0) is 6.42 Å². The van der Waals surface area contributed by atoms with Crippen molar-refractivity contribution in [3.05, 3.63) is 0 Å². The highest BCUT2D eigenvalue weighted by Crippen LogP contribution is 2.28. The molecule has 0 aliphatic heterocycles. The Morgan fingerprint density at radius 2 is 1.94 bits per heavy atom. The van der Waals surface area contributed by atoms with Crippen molar-refractivity contribution in [2.75, 3.05) is 13.2 Å². The van der Waals surface area contributed by atoms with Gasteiger partial charge in [-0.2, -0.15) is 13.2 Å².